The van der Waals surface area contributed by atoms with Gasteiger partial charge >= 0.3 is 24.7 Å². The first-order valence-electron chi connectivity index (χ1n) is 11.3. The molecule has 0 unspecified atom stereocenters. The molecular formula is C25H16F12N4. The van der Waals surface area contributed by atoms with Gasteiger partial charge in [0.25, 0.3) is 0 Å². The minimum absolute atomic E-state index is 0.0467. The highest BCUT2D eigenvalue weighted by atomic mass is 19.4. The first kappa shape index (κ1) is 30.0. The van der Waals surface area contributed by atoms with Crippen LogP contribution in [0.2, 0.25) is 0 Å². The summed E-state index contributed by atoms with van der Waals surface area (Å²) in [7, 11) is 0. The Balaban J connectivity index is 1.82. The SMILES string of the molecule is CC(C)(c1cccc(-n2ccc(C(F)(F)F)c2C(F)(F)F)n1)c1cccc(-n2ccc(C(F)(F)F)c2C(F)(F)F)n1. The zero-order chi connectivity index (χ0) is 30.8. The topological polar surface area (TPSA) is 35.6 Å². The standard InChI is InChI=1S/C25H16F12N4/c1-21(2,15-5-3-7-17(38-15)40-11-9-13(22(26,27)28)19(40)24(32,33)34)16-6-4-8-18(39-16)41-12-10-14(23(29,30)31)20(41)25(35,36)37/h3-12H,1-2H3. The largest absolute Gasteiger partial charge is 0.432 e. The normalized spacial score (nSPS) is 13.6. The molecule has 0 saturated carbocycles. The summed E-state index contributed by atoms with van der Waals surface area (Å²) in [6.07, 6.45) is -20.4. The molecule has 41 heavy (non-hydrogen) atoms. The van der Waals surface area contributed by atoms with Crippen LogP contribution in [0.25, 0.3) is 11.6 Å². The Hall–Kier alpha value is -3.98. The van der Waals surface area contributed by atoms with Crippen molar-refractivity contribution >= 4 is 0 Å². The smallest absolute Gasteiger partial charge is 0.297 e. The van der Waals surface area contributed by atoms with E-state index in [2.05, 4.69) is 9.97 Å². The number of pyridine rings is 2. The quantitative estimate of drug-likeness (QED) is 0.221. The third kappa shape index (κ3) is 5.63. The van der Waals surface area contributed by atoms with Crippen LogP contribution in [0.5, 0.6) is 0 Å². The lowest BCUT2D eigenvalue weighted by molar-refractivity contribution is -0.164. The second-order valence-corrected chi connectivity index (χ2v) is 9.27. The molecule has 0 aliphatic heterocycles. The monoisotopic (exact) mass is 600 g/mol. The fraction of sp³-hybridized carbons (Fsp3) is 0.280. The molecule has 16 heteroatoms. The van der Waals surface area contributed by atoms with Crippen molar-refractivity contribution in [3.63, 3.8) is 0 Å². The van der Waals surface area contributed by atoms with Crippen molar-refractivity contribution < 1.29 is 52.7 Å². The average Bonchev–Trinajstić information content (AvgIpc) is 3.49. The molecule has 0 radical (unpaired) electrons. The molecule has 4 nitrogen and oxygen atoms in total. The van der Waals surface area contributed by atoms with Crippen LogP contribution in [0.1, 0.15) is 47.8 Å². The first-order valence-corrected chi connectivity index (χ1v) is 11.3. The van der Waals surface area contributed by atoms with E-state index < -0.39 is 64.3 Å². The number of nitrogens with zero attached hydrogens (tertiary/aromatic N) is 4. The third-order valence-corrected chi connectivity index (χ3v) is 6.16. The van der Waals surface area contributed by atoms with E-state index in [0.29, 0.717) is 12.4 Å². The molecular weight excluding hydrogens is 584 g/mol. The minimum atomic E-state index is -5.42. The highest BCUT2D eigenvalue weighted by molar-refractivity contribution is 5.42. The summed E-state index contributed by atoms with van der Waals surface area (Å²) in [6, 6.07) is 7.56. The number of halogens is 12. The van der Waals surface area contributed by atoms with E-state index >= 15 is 0 Å². The number of alkyl halides is 12. The van der Waals surface area contributed by atoms with Gasteiger partial charge in [-0.25, -0.2) is 9.97 Å². The van der Waals surface area contributed by atoms with Crippen molar-refractivity contribution in [1.82, 2.24) is 19.1 Å². The molecule has 0 bridgehead atoms. The predicted molar refractivity (Wildman–Crippen MR) is 119 cm³/mol. The van der Waals surface area contributed by atoms with Crippen LogP contribution in [-0.4, -0.2) is 19.1 Å². The molecule has 0 fully saturated rings. The summed E-state index contributed by atoms with van der Waals surface area (Å²) in [5, 5.41) is 0. The molecule has 0 saturated heterocycles. The number of aromatic nitrogens is 4. The molecule has 220 valence electrons. The van der Waals surface area contributed by atoms with Gasteiger partial charge in [-0.15, -0.1) is 0 Å². The van der Waals surface area contributed by atoms with Gasteiger partial charge in [0.05, 0.1) is 22.5 Å². The minimum Gasteiger partial charge on any atom is -0.297 e. The van der Waals surface area contributed by atoms with Crippen molar-refractivity contribution in [3.8, 4) is 11.6 Å². The molecule has 4 aromatic heterocycles. The summed E-state index contributed by atoms with van der Waals surface area (Å²) >= 11 is 0. The number of hydrogen-bond acceptors (Lipinski definition) is 2. The van der Waals surface area contributed by atoms with Crippen LogP contribution in [0, 0.1) is 0 Å². The summed E-state index contributed by atoms with van der Waals surface area (Å²) < 4.78 is 162. The van der Waals surface area contributed by atoms with Crippen LogP contribution in [0.4, 0.5) is 52.7 Å². The number of rotatable bonds is 4. The number of hydrogen-bond donors (Lipinski definition) is 0. The summed E-state index contributed by atoms with van der Waals surface area (Å²) in [5.41, 5.74) is -9.39. The lowest BCUT2D eigenvalue weighted by Gasteiger charge is -2.25. The molecule has 4 heterocycles. The van der Waals surface area contributed by atoms with Crippen LogP contribution in [0.15, 0.2) is 60.9 Å². The van der Waals surface area contributed by atoms with E-state index in [0.717, 1.165) is 12.1 Å². The maximum atomic E-state index is 13.6. The Labute approximate surface area is 222 Å². The molecule has 0 amide bonds. The van der Waals surface area contributed by atoms with Crippen LogP contribution in [-0.2, 0) is 30.1 Å². The molecule has 0 aliphatic carbocycles. The van der Waals surface area contributed by atoms with Gasteiger partial charge in [0.15, 0.2) is 0 Å². The van der Waals surface area contributed by atoms with E-state index in [9.17, 15) is 52.7 Å². The second-order valence-electron chi connectivity index (χ2n) is 9.27. The van der Waals surface area contributed by atoms with Crippen molar-refractivity contribution in [3.05, 3.63) is 94.8 Å². The molecule has 0 N–H and O–H groups in total. The predicted octanol–water partition coefficient (Wildman–Crippen LogP) is 8.46. The van der Waals surface area contributed by atoms with Gasteiger partial charge in [0.2, 0.25) is 0 Å². The summed E-state index contributed by atoms with van der Waals surface area (Å²) in [4.78, 5) is 8.15. The Morgan fingerprint density at radius 3 is 1.12 bits per heavy atom. The van der Waals surface area contributed by atoms with Gasteiger partial charge in [0.1, 0.15) is 23.0 Å². The van der Waals surface area contributed by atoms with Gasteiger partial charge in [-0.2, -0.15) is 52.7 Å². The Bertz CT molecular complexity index is 1450. The van der Waals surface area contributed by atoms with E-state index in [4.69, 9.17) is 0 Å². The maximum Gasteiger partial charge on any atom is 0.432 e. The highest BCUT2D eigenvalue weighted by Crippen LogP contribution is 2.43. The van der Waals surface area contributed by atoms with Crippen molar-refractivity contribution in [2.45, 2.75) is 44.0 Å². The Kier molecular flexibility index (Phi) is 6.98. The summed E-state index contributed by atoms with van der Waals surface area (Å²) in [6.45, 7) is 2.85. The average molecular weight is 600 g/mol. The highest BCUT2D eigenvalue weighted by Gasteiger charge is 2.47. The zero-order valence-corrected chi connectivity index (χ0v) is 20.6. The lowest BCUT2D eigenvalue weighted by atomic mass is 9.84. The van der Waals surface area contributed by atoms with E-state index in [1.54, 1.807) is 0 Å². The third-order valence-electron chi connectivity index (χ3n) is 6.16. The fourth-order valence-electron chi connectivity index (χ4n) is 4.22. The van der Waals surface area contributed by atoms with Gasteiger partial charge in [-0.3, -0.25) is 9.13 Å². The van der Waals surface area contributed by atoms with E-state index in [-0.39, 0.29) is 32.7 Å². The first-order chi connectivity index (χ1) is 18.6. The Morgan fingerprint density at radius 1 is 0.488 bits per heavy atom. The molecule has 0 aliphatic rings. The fourth-order valence-corrected chi connectivity index (χ4v) is 4.22. The zero-order valence-electron chi connectivity index (χ0n) is 20.6. The van der Waals surface area contributed by atoms with E-state index in [1.807, 2.05) is 0 Å². The van der Waals surface area contributed by atoms with Gasteiger partial charge < -0.3 is 0 Å². The van der Waals surface area contributed by atoms with Crippen molar-refractivity contribution in [1.29, 1.82) is 0 Å². The van der Waals surface area contributed by atoms with Crippen LogP contribution < -0.4 is 0 Å². The van der Waals surface area contributed by atoms with Crippen molar-refractivity contribution in [2.75, 3.05) is 0 Å². The summed E-state index contributed by atoms with van der Waals surface area (Å²) in [5.74, 6) is -1.09. The molecule has 4 aromatic rings. The lowest BCUT2D eigenvalue weighted by Crippen LogP contribution is -2.25. The van der Waals surface area contributed by atoms with Gasteiger partial charge in [-0.1, -0.05) is 12.1 Å². The Morgan fingerprint density at radius 2 is 0.829 bits per heavy atom. The molecule has 0 spiro atoms. The maximum absolute atomic E-state index is 13.6. The molecule has 0 aromatic carbocycles. The molecule has 0 atom stereocenters. The second kappa shape index (κ2) is 9.55. The van der Waals surface area contributed by atoms with Crippen LogP contribution in [0.3, 0.4) is 0 Å². The van der Waals surface area contributed by atoms with E-state index in [1.165, 1.54) is 38.1 Å². The van der Waals surface area contributed by atoms with Gasteiger partial charge in [0, 0.05) is 17.8 Å². The van der Waals surface area contributed by atoms with Crippen molar-refractivity contribution in [2.24, 2.45) is 0 Å². The molecule has 4 rings (SSSR count). The van der Waals surface area contributed by atoms with Gasteiger partial charge in [-0.05, 0) is 50.2 Å². The van der Waals surface area contributed by atoms with Crippen LogP contribution >= 0.6 is 0 Å².